The Kier molecular flexibility index (Phi) is 5.68. The summed E-state index contributed by atoms with van der Waals surface area (Å²) in [7, 11) is 0. The van der Waals surface area contributed by atoms with Gasteiger partial charge < -0.3 is 16.0 Å². The Labute approximate surface area is 203 Å². The minimum atomic E-state index is -0.734. The van der Waals surface area contributed by atoms with Crippen LogP contribution in [0.5, 0.6) is 0 Å². The molecule has 5 rings (SSSR count). The standard InChI is InChI=1S/C26H27N7O2/c1-3-20(34)32-15-6-7-18(32)24-31-21(22-23(27)29-14-16-33(22)24)17-9-11-26(2,12-10-17)25(35)30-19-8-4-5-13-28-19/h3-5,8-11,13-14,16,18H,1,6-7,12,15H2,2H3,(H2,27,29)(H,28,30,35)/t18-,26?/m0/s1. The van der Waals surface area contributed by atoms with Gasteiger partial charge in [0, 0.05) is 25.1 Å². The molecular formula is C26H27N7O2. The van der Waals surface area contributed by atoms with Gasteiger partial charge in [-0.3, -0.25) is 14.0 Å². The first-order valence-electron chi connectivity index (χ1n) is 11.6. The van der Waals surface area contributed by atoms with Gasteiger partial charge in [-0.2, -0.15) is 0 Å². The summed E-state index contributed by atoms with van der Waals surface area (Å²) in [6, 6.07) is 5.21. The molecule has 9 nitrogen and oxygen atoms in total. The van der Waals surface area contributed by atoms with Gasteiger partial charge in [0.15, 0.2) is 0 Å². The first-order chi connectivity index (χ1) is 16.9. The molecule has 1 aliphatic heterocycles. The molecule has 0 radical (unpaired) electrons. The van der Waals surface area contributed by atoms with Crippen LogP contribution in [0.1, 0.15) is 43.7 Å². The average Bonchev–Trinajstić information content (AvgIpc) is 3.50. The quantitative estimate of drug-likeness (QED) is 0.552. The number of fused-ring (bicyclic) bond motifs is 1. The maximum absolute atomic E-state index is 13.0. The van der Waals surface area contributed by atoms with Crippen molar-refractivity contribution < 1.29 is 9.59 Å². The predicted octanol–water partition coefficient (Wildman–Crippen LogP) is 3.54. The molecule has 0 bridgehead atoms. The lowest BCUT2D eigenvalue weighted by atomic mass is 9.80. The number of anilines is 2. The molecule has 0 spiro atoms. The van der Waals surface area contributed by atoms with Crippen LogP contribution in [0.4, 0.5) is 11.6 Å². The number of nitrogen functional groups attached to an aromatic ring is 1. The highest BCUT2D eigenvalue weighted by Crippen LogP contribution is 2.38. The Hall–Kier alpha value is -4.27. The van der Waals surface area contributed by atoms with E-state index in [1.807, 2.05) is 41.8 Å². The van der Waals surface area contributed by atoms with Crippen LogP contribution in [0.3, 0.4) is 0 Å². The predicted molar refractivity (Wildman–Crippen MR) is 134 cm³/mol. The summed E-state index contributed by atoms with van der Waals surface area (Å²) < 4.78 is 1.92. The van der Waals surface area contributed by atoms with E-state index in [0.29, 0.717) is 35.8 Å². The highest BCUT2D eigenvalue weighted by molar-refractivity contribution is 5.97. The molecule has 1 aliphatic carbocycles. The number of allylic oxidation sites excluding steroid dienone is 3. The Morgan fingerprint density at radius 1 is 1.29 bits per heavy atom. The maximum Gasteiger partial charge on any atom is 0.246 e. The van der Waals surface area contributed by atoms with E-state index in [1.165, 1.54) is 6.08 Å². The van der Waals surface area contributed by atoms with Gasteiger partial charge in [-0.05, 0) is 50.0 Å². The van der Waals surface area contributed by atoms with Gasteiger partial charge >= 0.3 is 0 Å². The fourth-order valence-corrected chi connectivity index (χ4v) is 4.71. The van der Waals surface area contributed by atoms with Crippen LogP contribution in [0, 0.1) is 5.41 Å². The van der Waals surface area contributed by atoms with Crippen molar-refractivity contribution in [1.29, 1.82) is 0 Å². The van der Waals surface area contributed by atoms with Crippen molar-refractivity contribution in [3.63, 3.8) is 0 Å². The number of likely N-dealkylation sites (tertiary alicyclic amines) is 1. The zero-order valence-electron chi connectivity index (χ0n) is 19.5. The molecule has 1 saturated heterocycles. The molecule has 3 aromatic heterocycles. The van der Waals surface area contributed by atoms with E-state index in [2.05, 4.69) is 21.9 Å². The summed E-state index contributed by atoms with van der Waals surface area (Å²) >= 11 is 0. The molecule has 4 heterocycles. The van der Waals surface area contributed by atoms with Gasteiger partial charge in [-0.25, -0.2) is 15.0 Å². The number of amides is 2. The molecule has 3 N–H and O–H groups in total. The van der Waals surface area contributed by atoms with Crippen LogP contribution in [0.2, 0.25) is 0 Å². The van der Waals surface area contributed by atoms with Crippen LogP contribution in [0.25, 0.3) is 11.1 Å². The van der Waals surface area contributed by atoms with Crippen molar-refractivity contribution >= 4 is 34.5 Å². The van der Waals surface area contributed by atoms with Crippen molar-refractivity contribution in [2.24, 2.45) is 5.41 Å². The van der Waals surface area contributed by atoms with E-state index in [1.54, 1.807) is 29.4 Å². The molecule has 2 atom stereocenters. The smallest absolute Gasteiger partial charge is 0.246 e. The number of imidazole rings is 1. The fraction of sp³-hybridized carbons (Fsp3) is 0.269. The Morgan fingerprint density at radius 3 is 2.86 bits per heavy atom. The molecule has 0 aromatic carbocycles. The van der Waals surface area contributed by atoms with Crippen molar-refractivity contribution in [3.8, 4) is 0 Å². The number of carbonyl (C=O) groups is 2. The largest absolute Gasteiger partial charge is 0.382 e. The van der Waals surface area contributed by atoms with Crippen molar-refractivity contribution in [2.75, 3.05) is 17.6 Å². The first-order valence-corrected chi connectivity index (χ1v) is 11.6. The summed E-state index contributed by atoms with van der Waals surface area (Å²) in [6.45, 7) is 6.19. The third kappa shape index (κ3) is 3.99. The lowest BCUT2D eigenvalue weighted by Gasteiger charge is -2.26. The summed E-state index contributed by atoms with van der Waals surface area (Å²) in [5.41, 5.74) is 7.80. The van der Waals surface area contributed by atoms with Gasteiger partial charge in [0.2, 0.25) is 11.8 Å². The topological polar surface area (TPSA) is 119 Å². The fourth-order valence-electron chi connectivity index (χ4n) is 4.71. The van der Waals surface area contributed by atoms with Crippen molar-refractivity contribution in [3.05, 3.63) is 79.2 Å². The maximum atomic E-state index is 13.0. The minimum Gasteiger partial charge on any atom is -0.382 e. The number of pyridine rings is 1. The normalized spacial score (nSPS) is 21.7. The number of nitrogens with one attached hydrogen (secondary N) is 1. The average molecular weight is 470 g/mol. The van der Waals surface area contributed by atoms with Gasteiger partial charge in [0.1, 0.15) is 23.0 Å². The molecule has 1 fully saturated rings. The second kappa shape index (κ2) is 8.83. The lowest BCUT2D eigenvalue weighted by molar-refractivity contribution is -0.127. The SMILES string of the molecule is C=CC(=O)N1CCC[C@H]1c1nc(C2=CCC(C)(C(=O)Nc3ccccn3)C=C2)c2c(N)nccn12. The molecule has 1 unspecified atom stereocenters. The third-order valence-electron chi connectivity index (χ3n) is 6.69. The third-order valence-corrected chi connectivity index (χ3v) is 6.69. The van der Waals surface area contributed by atoms with Gasteiger partial charge in [0.25, 0.3) is 0 Å². The number of carbonyl (C=O) groups excluding carboxylic acids is 2. The number of rotatable bonds is 5. The zero-order chi connectivity index (χ0) is 24.6. The zero-order valence-corrected chi connectivity index (χ0v) is 19.5. The molecule has 178 valence electrons. The van der Waals surface area contributed by atoms with E-state index in [0.717, 1.165) is 24.2 Å². The summed E-state index contributed by atoms with van der Waals surface area (Å²) in [5.74, 6) is 1.37. The summed E-state index contributed by atoms with van der Waals surface area (Å²) in [6.07, 6.45) is 14.4. The van der Waals surface area contributed by atoms with Crippen LogP contribution in [-0.4, -0.2) is 42.6 Å². The molecule has 35 heavy (non-hydrogen) atoms. The van der Waals surface area contributed by atoms with Crippen LogP contribution >= 0.6 is 0 Å². The van der Waals surface area contributed by atoms with E-state index >= 15 is 0 Å². The van der Waals surface area contributed by atoms with Crippen LogP contribution < -0.4 is 11.1 Å². The molecule has 9 heteroatoms. The van der Waals surface area contributed by atoms with Gasteiger partial charge in [-0.1, -0.05) is 30.9 Å². The van der Waals surface area contributed by atoms with E-state index in [-0.39, 0.29) is 17.9 Å². The summed E-state index contributed by atoms with van der Waals surface area (Å²) in [4.78, 5) is 40.6. The Balaban J connectivity index is 1.48. The highest BCUT2D eigenvalue weighted by Gasteiger charge is 2.35. The van der Waals surface area contributed by atoms with E-state index in [9.17, 15) is 9.59 Å². The van der Waals surface area contributed by atoms with Crippen molar-refractivity contribution in [2.45, 2.75) is 32.2 Å². The molecule has 0 saturated carbocycles. The number of nitrogens with zero attached hydrogens (tertiary/aromatic N) is 5. The minimum absolute atomic E-state index is 0.112. The monoisotopic (exact) mass is 469 g/mol. The highest BCUT2D eigenvalue weighted by atomic mass is 16.2. The van der Waals surface area contributed by atoms with Gasteiger partial charge in [0.05, 0.1) is 17.2 Å². The second-order valence-electron chi connectivity index (χ2n) is 9.03. The number of hydrogen-bond acceptors (Lipinski definition) is 6. The van der Waals surface area contributed by atoms with Crippen molar-refractivity contribution in [1.82, 2.24) is 24.3 Å². The second-order valence-corrected chi connectivity index (χ2v) is 9.03. The first kappa shape index (κ1) is 22.5. The Morgan fingerprint density at radius 2 is 2.14 bits per heavy atom. The lowest BCUT2D eigenvalue weighted by Crippen LogP contribution is -2.32. The number of hydrogen-bond donors (Lipinski definition) is 2. The molecule has 3 aromatic rings. The molecular weight excluding hydrogens is 442 g/mol. The van der Waals surface area contributed by atoms with Crippen LogP contribution in [-0.2, 0) is 9.59 Å². The number of nitrogens with two attached hydrogens (primary N) is 1. The van der Waals surface area contributed by atoms with Crippen LogP contribution in [0.15, 0.2) is 67.7 Å². The van der Waals surface area contributed by atoms with E-state index < -0.39 is 5.41 Å². The van der Waals surface area contributed by atoms with Gasteiger partial charge in [-0.15, -0.1) is 0 Å². The van der Waals surface area contributed by atoms with E-state index in [4.69, 9.17) is 10.7 Å². The molecule has 2 aliphatic rings. The Bertz CT molecular complexity index is 1380. The summed E-state index contributed by atoms with van der Waals surface area (Å²) in [5, 5.41) is 2.88. The number of aromatic nitrogens is 4. The molecule has 2 amide bonds.